The largest absolute Gasteiger partial charge is 0.378 e. The first-order valence-corrected chi connectivity index (χ1v) is 10.3. The minimum absolute atomic E-state index is 0.00295. The van der Waals surface area contributed by atoms with E-state index in [1.165, 1.54) is 7.05 Å². The number of carbonyl (C=O) groups is 1. The monoisotopic (exact) mass is 464 g/mol. The van der Waals surface area contributed by atoms with Crippen LogP contribution in [0.2, 0.25) is 0 Å². The van der Waals surface area contributed by atoms with Crippen LogP contribution in [-0.4, -0.2) is 47.8 Å². The van der Waals surface area contributed by atoms with Gasteiger partial charge in [0.1, 0.15) is 5.82 Å². The van der Waals surface area contributed by atoms with Gasteiger partial charge >= 0.3 is 0 Å². The lowest BCUT2D eigenvalue weighted by molar-refractivity contribution is -0.118. The molecule has 154 valence electrons. The average molecular weight is 465 g/mol. The smallest absolute Gasteiger partial charge is 0.291 e. The van der Waals surface area contributed by atoms with Crippen molar-refractivity contribution in [3.8, 4) is 0 Å². The molecule has 1 aromatic heterocycles. The summed E-state index contributed by atoms with van der Waals surface area (Å²) in [5.41, 5.74) is 1.17. The molecule has 1 fully saturated rings. The van der Waals surface area contributed by atoms with Crippen molar-refractivity contribution >= 4 is 33.3 Å². The van der Waals surface area contributed by atoms with Gasteiger partial charge < -0.3 is 14.5 Å². The lowest BCUT2D eigenvalue weighted by Gasteiger charge is -2.28. The van der Waals surface area contributed by atoms with Gasteiger partial charge in [0.15, 0.2) is 5.82 Å². The number of hydrogen-bond donors (Lipinski definition) is 0. The van der Waals surface area contributed by atoms with Crippen LogP contribution in [0.3, 0.4) is 0 Å². The molecule has 29 heavy (non-hydrogen) atoms. The van der Waals surface area contributed by atoms with Gasteiger partial charge in [-0.15, -0.1) is 0 Å². The van der Waals surface area contributed by atoms with Gasteiger partial charge in [-0.2, -0.15) is 4.39 Å². The Balaban J connectivity index is 1.66. The maximum atomic E-state index is 14.6. The first kappa shape index (κ1) is 20.0. The number of rotatable bonds is 3. The second-order valence-corrected chi connectivity index (χ2v) is 8.21. The van der Waals surface area contributed by atoms with Crippen molar-refractivity contribution in [3.05, 3.63) is 50.2 Å². The zero-order chi connectivity index (χ0) is 20.7. The molecule has 7 nitrogen and oxygen atoms in total. The number of amides is 1. The summed E-state index contributed by atoms with van der Waals surface area (Å²) in [5, 5.41) is 0. The van der Waals surface area contributed by atoms with Gasteiger partial charge in [-0.1, -0.05) is 22.0 Å². The van der Waals surface area contributed by atoms with E-state index in [0.717, 1.165) is 26.7 Å². The van der Waals surface area contributed by atoms with Gasteiger partial charge in [0, 0.05) is 36.3 Å². The molecular formula is C20H22BrFN4O3. The van der Waals surface area contributed by atoms with Crippen molar-refractivity contribution in [2.24, 2.45) is 7.05 Å². The number of aromatic nitrogens is 2. The fourth-order valence-electron chi connectivity index (χ4n) is 3.95. The Morgan fingerprint density at radius 2 is 2.07 bits per heavy atom. The summed E-state index contributed by atoms with van der Waals surface area (Å²) in [5.74, 6) is -0.818. The Kier molecular flexibility index (Phi) is 5.44. The molecule has 0 aliphatic carbocycles. The summed E-state index contributed by atoms with van der Waals surface area (Å²) in [7, 11) is 1.45. The first-order chi connectivity index (χ1) is 13.9. The fourth-order valence-corrected chi connectivity index (χ4v) is 4.47. The van der Waals surface area contributed by atoms with Crippen LogP contribution in [0, 0.1) is 5.82 Å². The molecule has 0 bridgehead atoms. The number of ether oxygens (including phenoxy) is 1. The van der Waals surface area contributed by atoms with Gasteiger partial charge in [-0.25, -0.2) is 4.98 Å². The normalized spacial score (nSPS) is 18.8. The number of benzene rings is 1. The van der Waals surface area contributed by atoms with E-state index in [9.17, 15) is 14.0 Å². The summed E-state index contributed by atoms with van der Waals surface area (Å²) >= 11 is 3.55. The summed E-state index contributed by atoms with van der Waals surface area (Å²) in [6.07, 6.45) is 0.664. The van der Waals surface area contributed by atoms with Crippen LogP contribution >= 0.6 is 15.9 Å². The number of hydrogen-bond acceptors (Lipinski definition) is 5. The Hall–Kier alpha value is -2.26. The predicted molar refractivity (Wildman–Crippen MR) is 111 cm³/mol. The van der Waals surface area contributed by atoms with Crippen LogP contribution in [-0.2, 0) is 29.4 Å². The lowest BCUT2D eigenvalue weighted by atomic mass is 10.1. The number of halogens is 2. The molecule has 2 aliphatic heterocycles. The third-order valence-electron chi connectivity index (χ3n) is 5.49. The topological polar surface area (TPSA) is 67.7 Å². The van der Waals surface area contributed by atoms with Gasteiger partial charge in [0.25, 0.3) is 5.56 Å². The molecule has 2 aliphatic rings. The van der Waals surface area contributed by atoms with Gasteiger partial charge in [-0.05, 0) is 31.0 Å². The SMILES string of the molecule is CC1Cc2c(Br)cccc2N1C(=O)Cc1nc(N2CCOCC2)c(F)c(=O)n1C. The van der Waals surface area contributed by atoms with Crippen LogP contribution < -0.4 is 15.4 Å². The van der Waals surface area contributed by atoms with E-state index in [2.05, 4.69) is 20.9 Å². The first-order valence-electron chi connectivity index (χ1n) is 9.56. The number of nitrogens with zero attached hydrogens (tertiary/aromatic N) is 4. The van der Waals surface area contributed by atoms with E-state index in [1.807, 2.05) is 25.1 Å². The average Bonchev–Trinajstić information content (AvgIpc) is 3.06. The fraction of sp³-hybridized carbons (Fsp3) is 0.450. The Morgan fingerprint density at radius 1 is 1.34 bits per heavy atom. The van der Waals surface area contributed by atoms with Crippen LogP contribution in [0.1, 0.15) is 18.3 Å². The third kappa shape index (κ3) is 3.57. The summed E-state index contributed by atoms with van der Waals surface area (Å²) in [6, 6.07) is 5.76. The molecule has 1 unspecified atom stereocenters. The highest BCUT2D eigenvalue weighted by molar-refractivity contribution is 9.10. The van der Waals surface area contributed by atoms with E-state index in [0.29, 0.717) is 26.3 Å². The highest BCUT2D eigenvalue weighted by Gasteiger charge is 2.33. The third-order valence-corrected chi connectivity index (χ3v) is 6.24. The van der Waals surface area contributed by atoms with Gasteiger partial charge in [0.2, 0.25) is 11.7 Å². The van der Waals surface area contributed by atoms with Crippen LogP contribution in [0.25, 0.3) is 0 Å². The van der Waals surface area contributed by atoms with Crippen molar-refractivity contribution in [2.75, 3.05) is 36.1 Å². The van der Waals surface area contributed by atoms with Crippen LogP contribution in [0.4, 0.5) is 15.9 Å². The molecule has 3 heterocycles. The molecule has 0 N–H and O–H groups in total. The molecule has 0 saturated carbocycles. The van der Waals surface area contributed by atoms with Crippen molar-refractivity contribution in [1.82, 2.24) is 9.55 Å². The number of fused-ring (bicyclic) bond motifs is 1. The summed E-state index contributed by atoms with van der Waals surface area (Å²) in [6.45, 7) is 3.79. The van der Waals surface area contributed by atoms with Crippen molar-refractivity contribution in [3.63, 3.8) is 0 Å². The lowest BCUT2D eigenvalue weighted by Crippen LogP contribution is -2.41. The number of anilines is 2. The van der Waals surface area contributed by atoms with E-state index >= 15 is 0 Å². The molecule has 1 atom stereocenters. The summed E-state index contributed by atoms with van der Waals surface area (Å²) < 4.78 is 22.0. The maximum absolute atomic E-state index is 14.6. The highest BCUT2D eigenvalue weighted by atomic mass is 79.9. The van der Waals surface area contributed by atoms with Crippen molar-refractivity contribution in [1.29, 1.82) is 0 Å². The molecule has 4 rings (SSSR count). The standard InChI is InChI=1S/C20H22BrFN4O3/c1-12-10-13-14(21)4-3-5-15(13)26(12)17(27)11-16-23-19(18(22)20(28)24(16)2)25-6-8-29-9-7-25/h3-5,12H,6-11H2,1-2H3. The minimum atomic E-state index is -0.894. The second kappa shape index (κ2) is 7.87. The van der Waals surface area contributed by atoms with E-state index in [4.69, 9.17) is 4.74 Å². The van der Waals surface area contributed by atoms with E-state index < -0.39 is 11.4 Å². The molecule has 9 heteroatoms. The molecule has 0 radical (unpaired) electrons. The van der Waals surface area contributed by atoms with Gasteiger partial charge in [0.05, 0.1) is 19.6 Å². The van der Waals surface area contributed by atoms with E-state index in [1.54, 1.807) is 9.80 Å². The van der Waals surface area contributed by atoms with Crippen LogP contribution in [0.5, 0.6) is 0 Å². The highest BCUT2D eigenvalue weighted by Crippen LogP contribution is 2.37. The Morgan fingerprint density at radius 3 is 2.79 bits per heavy atom. The predicted octanol–water partition coefficient (Wildman–Crippen LogP) is 2.04. The quantitative estimate of drug-likeness (QED) is 0.695. The molecule has 1 amide bonds. The minimum Gasteiger partial charge on any atom is -0.378 e. The number of carbonyl (C=O) groups excluding carboxylic acids is 1. The summed E-state index contributed by atoms with van der Waals surface area (Å²) in [4.78, 5) is 33.4. The molecule has 0 spiro atoms. The Bertz CT molecular complexity index is 1020. The van der Waals surface area contributed by atoms with E-state index in [-0.39, 0.29) is 30.0 Å². The molecule has 1 aromatic carbocycles. The van der Waals surface area contributed by atoms with Gasteiger partial charge in [-0.3, -0.25) is 14.2 Å². The van der Waals surface area contributed by atoms with Crippen LogP contribution in [0.15, 0.2) is 27.5 Å². The Labute approximate surface area is 176 Å². The zero-order valence-electron chi connectivity index (χ0n) is 16.3. The molecule has 2 aromatic rings. The zero-order valence-corrected chi connectivity index (χ0v) is 17.9. The number of morpholine rings is 1. The second-order valence-electron chi connectivity index (χ2n) is 7.36. The molecular weight excluding hydrogens is 443 g/mol. The van der Waals surface area contributed by atoms with Crippen molar-refractivity contribution in [2.45, 2.75) is 25.8 Å². The molecule has 1 saturated heterocycles. The van der Waals surface area contributed by atoms with Crippen molar-refractivity contribution < 1.29 is 13.9 Å². The maximum Gasteiger partial charge on any atom is 0.291 e.